The molecule has 0 aromatic rings. The van der Waals surface area contributed by atoms with Crippen molar-refractivity contribution in [3.63, 3.8) is 0 Å². The molecule has 0 aromatic heterocycles. The Morgan fingerprint density at radius 1 is 0.857 bits per heavy atom. The molecule has 0 radical (unpaired) electrons. The first-order chi connectivity index (χ1) is 9.20. The van der Waals surface area contributed by atoms with Crippen LogP contribution in [0, 0.1) is 22.7 Å². The SMILES string of the molecule is CC(COP(=S)(S)OCC(C)CC(C)(C)C)CC(C)(C)C. The van der Waals surface area contributed by atoms with Crippen molar-refractivity contribution >= 4 is 29.7 Å². The van der Waals surface area contributed by atoms with E-state index in [1.54, 1.807) is 0 Å². The average Bonchev–Trinajstić information content (AvgIpc) is 2.19. The Kier molecular flexibility index (Phi) is 9.06. The van der Waals surface area contributed by atoms with Crippen LogP contribution in [-0.4, -0.2) is 13.2 Å². The van der Waals surface area contributed by atoms with Crippen molar-refractivity contribution in [2.45, 2.75) is 68.2 Å². The van der Waals surface area contributed by atoms with E-state index in [9.17, 15) is 0 Å². The van der Waals surface area contributed by atoms with Crippen molar-refractivity contribution < 1.29 is 9.05 Å². The fourth-order valence-corrected chi connectivity index (χ4v) is 4.41. The Labute approximate surface area is 143 Å². The van der Waals surface area contributed by atoms with Crippen LogP contribution in [0.3, 0.4) is 0 Å². The lowest BCUT2D eigenvalue weighted by Gasteiger charge is -2.27. The Balaban J connectivity index is 4.12. The molecular formula is C16H35O2PS2. The third kappa shape index (κ3) is 14.3. The monoisotopic (exact) mass is 354 g/mol. The van der Waals surface area contributed by atoms with Gasteiger partial charge in [-0.2, -0.15) is 0 Å². The summed E-state index contributed by atoms with van der Waals surface area (Å²) in [6.07, 6.45) is 2.22. The highest BCUT2D eigenvalue weighted by atomic mass is 32.9. The molecule has 0 heterocycles. The summed E-state index contributed by atoms with van der Waals surface area (Å²) in [4.78, 5) is 0. The second-order valence-electron chi connectivity index (χ2n) is 8.80. The first-order valence-electron chi connectivity index (χ1n) is 7.82. The molecule has 5 heteroatoms. The quantitative estimate of drug-likeness (QED) is 0.406. The van der Waals surface area contributed by atoms with E-state index in [-0.39, 0.29) is 0 Å². The predicted molar refractivity (Wildman–Crippen MR) is 102 cm³/mol. The van der Waals surface area contributed by atoms with Crippen molar-refractivity contribution in [2.24, 2.45) is 22.7 Å². The fraction of sp³-hybridized carbons (Fsp3) is 1.00. The topological polar surface area (TPSA) is 18.5 Å². The highest BCUT2D eigenvalue weighted by Gasteiger charge is 2.21. The highest BCUT2D eigenvalue weighted by molar-refractivity contribution is 8.60. The summed E-state index contributed by atoms with van der Waals surface area (Å²) < 4.78 is 11.6. The summed E-state index contributed by atoms with van der Waals surface area (Å²) in [7, 11) is 0. The molecule has 2 unspecified atom stereocenters. The second-order valence-corrected chi connectivity index (χ2v) is 14.1. The van der Waals surface area contributed by atoms with Crippen LogP contribution < -0.4 is 0 Å². The number of thiol groups is 1. The second kappa shape index (κ2) is 8.68. The lowest BCUT2D eigenvalue weighted by molar-refractivity contribution is 0.172. The minimum absolute atomic E-state index is 0.310. The van der Waals surface area contributed by atoms with Gasteiger partial charge in [-0.1, -0.05) is 67.6 Å². The molecular weight excluding hydrogens is 319 g/mol. The van der Waals surface area contributed by atoms with Crippen LogP contribution in [0.1, 0.15) is 68.2 Å². The van der Waals surface area contributed by atoms with Gasteiger partial charge >= 0.3 is 0 Å². The van der Waals surface area contributed by atoms with E-state index >= 15 is 0 Å². The van der Waals surface area contributed by atoms with Gasteiger partial charge in [0.25, 0.3) is 0 Å². The molecule has 0 N–H and O–H groups in total. The normalized spacial score (nSPS) is 19.1. The molecule has 21 heavy (non-hydrogen) atoms. The summed E-state index contributed by atoms with van der Waals surface area (Å²) in [5, 5.41) is 0. The minimum atomic E-state index is -2.40. The third-order valence-corrected chi connectivity index (χ3v) is 5.24. The van der Waals surface area contributed by atoms with Gasteiger partial charge in [0.1, 0.15) is 0 Å². The largest absolute Gasteiger partial charge is 0.322 e. The van der Waals surface area contributed by atoms with E-state index in [0.29, 0.717) is 35.9 Å². The van der Waals surface area contributed by atoms with Gasteiger partial charge in [-0.25, -0.2) is 0 Å². The summed E-state index contributed by atoms with van der Waals surface area (Å²) >= 11 is 9.83. The number of rotatable bonds is 8. The zero-order chi connectivity index (χ0) is 16.9. The van der Waals surface area contributed by atoms with Crippen molar-refractivity contribution in [3.8, 4) is 0 Å². The molecule has 0 saturated carbocycles. The molecule has 0 bridgehead atoms. The van der Waals surface area contributed by atoms with Crippen LogP contribution in [0.2, 0.25) is 0 Å². The molecule has 0 aliphatic rings. The maximum atomic E-state index is 5.79. The van der Waals surface area contributed by atoms with Gasteiger partial charge < -0.3 is 9.05 Å². The Bertz CT molecular complexity index is 315. The lowest BCUT2D eigenvalue weighted by Crippen LogP contribution is -2.16. The smallest absolute Gasteiger partial charge is 0.244 e. The Hall–Kier alpha value is 0.920. The van der Waals surface area contributed by atoms with Gasteiger partial charge in [-0.15, -0.1) is 0 Å². The van der Waals surface area contributed by atoms with Gasteiger partial charge in [-0.3, -0.25) is 0 Å². The summed E-state index contributed by atoms with van der Waals surface area (Å²) in [5.74, 6) is 0.935. The Morgan fingerprint density at radius 2 is 1.14 bits per heavy atom. The average molecular weight is 355 g/mol. The van der Waals surface area contributed by atoms with Crippen LogP contribution >= 0.6 is 17.9 Å². The van der Waals surface area contributed by atoms with E-state index in [0.717, 1.165) is 12.8 Å². The minimum Gasteiger partial charge on any atom is -0.322 e. The van der Waals surface area contributed by atoms with Crippen molar-refractivity contribution in [1.82, 2.24) is 0 Å². The first kappa shape index (κ1) is 21.9. The van der Waals surface area contributed by atoms with E-state index in [1.165, 1.54) is 0 Å². The van der Waals surface area contributed by atoms with E-state index in [2.05, 4.69) is 67.6 Å². The van der Waals surface area contributed by atoms with Gasteiger partial charge in [0, 0.05) is 0 Å². The van der Waals surface area contributed by atoms with Gasteiger partial charge in [0.05, 0.1) is 13.2 Å². The Morgan fingerprint density at radius 3 is 1.38 bits per heavy atom. The first-order valence-corrected chi connectivity index (χ1v) is 11.6. The third-order valence-electron chi connectivity index (χ3n) is 2.97. The molecule has 0 aromatic carbocycles. The molecule has 0 amide bonds. The van der Waals surface area contributed by atoms with Crippen LogP contribution in [0.5, 0.6) is 0 Å². The number of hydrogen-bond donors (Lipinski definition) is 1. The van der Waals surface area contributed by atoms with Crippen molar-refractivity contribution in [1.29, 1.82) is 0 Å². The van der Waals surface area contributed by atoms with Crippen LogP contribution in [0.4, 0.5) is 0 Å². The fourth-order valence-electron chi connectivity index (χ4n) is 2.69. The van der Waals surface area contributed by atoms with E-state index < -0.39 is 5.69 Å². The molecule has 0 aliphatic heterocycles. The summed E-state index contributed by atoms with van der Waals surface area (Å²) in [5.41, 5.74) is -1.78. The molecule has 128 valence electrons. The molecule has 0 spiro atoms. The zero-order valence-electron chi connectivity index (χ0n) is 15.1. The standard InChI is InChI=1S/C16H35O2PS2/c1-13(9-15(3,4)5)11-17-19(20,21)18-12-14(2)10-16(6,7)8/h13-14H,9-12H2,1-8H3,(H,20,21). The summed E-state index contributed by atoms with van der Waals surface area (Å²) in [6.45, 7) is 19.1. The van der Waals surface area contributed by atoms with Gasteiger partial charge in [-0.05, 0) is 47.3 Å². The molecule has 2 atom stereocenters. The zero-order valence-corrected chi connectivity index (χ0v) is 17.7. The van der Waals surface area contributed by atoms with Gasteiger partial charge in [0.2, 0.25) is 5.69 Å². The van der Waals surface area contributed by atoms with E-state index in [4.69, 9.17) is 20.9 Å². The lowest BCUT2D eigenvalue weighted by atomic mass is 9.86. The molecule has 0 rings (SSSR count). The van der Waals surface area contributed by atoms with Crippen molar-refractivity contribution in [2.75, 3.05) is 13.2 Å². The maximum Gasteiger partial charge on any atom is 0.244 e. The van der Waals surface area contributed by atoms with Crippen molar-refractivity contribution in [3.05, 3.63) is 0 Å². The molecule has 2 nitrogen and oxygen atoms in total. The maximum absolute atomic E-state index is 5.79. The predicted octanol–water partition coefficient (Wildman–Crippen LogP) is 6.32. The molecule has 0 aliphatic carbocycles. The summed E-state index contributed by atoms with van der Waals surface area (Å²) in [6, 6.07) is 0. The van der Waals surface area contributed by atoms with Crippen LogP contribution in [0.15, 0.2) is 0 Å². The van der Waals surface area contributed by atoms with E-state index in [1.807, 2.05) is 0 Å². The van der Waals surface area contributed by atoms with Crippen LogP contribution in [-0.2, 0) is 20.9 Å². The van der Waals surface area contributed by atoms with Gasteiger partial charge in [0.15, 0.2) is 0 Å². The molecule has 0 fully saturated rings. The highest BCUT2D eigenvalue weighted by Crippen LogP contribution is 2.54. The number of hydrogen-bond acceptors (Lipinski definition) is 3. The molecule has 0 saturated heterocycles. The van der Waals surface area contributed by atoms with Crippen LogP contribution in [0.25, 0.3) is 0 Å².